The lowest BCUT2D eigenvalue weighted by Crippen LogP contribution is -2.56. The summed E-state index contributed by atoms with van der Waals surface area (Å²) in [6.07, 6.45) is 2.13. The number of aromatic nitrogens is 5. The fourth-order valence-electron chi connectivity index (χ4n) is 8.27. The zero-order chi connectivity index (χ0) is 40.5. The predicted molar refractivity (Wildman–Crippen MR) is 219 cm³/mol. The maximum Gasteiger partial charge on any atom is 0.252 e. The number of nitrogen functional groups attached to an aromatic ring is 2. The fourth-order valence-corrected chi connectivity index (χ4v) is 8.27. The van der Waals surface area contributed by atoms with E-state index < -0.39 is 6.10 Å². The number of phenols is 2. The van der Waals surface area contributed by atoms with Crippen LogP contribution in [0.25, 0.3) is 22.5 Å². The Balaban J connectivity index is 0.886. The number of ether oxygens (including phenoxy) is 1. The highest BCUT2D eigenvalue weighted by Crippen LogP contribution is 2.39. The van der Waals surface area contributed by atoms with Crippen LogP contribution in [0.2, 0.25) is 0 Å². The Morgan fingerprint density at radius 1 is 0.724 bits per heavy atom. The van der Waals surface area contributed by atoms with Crippen LogP contribution in [0.1, 0.15) is 44.1 Å². The Bertz CT molecular complexity index is 2310. The smallest absolute Gasteiger partial charge is 0.252 e. The van der Waals surface area contributed by atoms with Crippen LogP contribution in [0.15, 0.2) is 79.0 Å². The fraction of sp³-hybridized carbons (Fsp3) is 0.357. The molecule has 16 heteroatoms. The number of phenolic OH excluding ortho intramolecular Hbond substituents is 2. The van der Waals surface area contributed by atoms with Crippen molar-refractivity contribution in [1.29, 1.82) is 0 Å². The zero-order valence-electron chi connectivity index (χ0n) is 32.5. The first kappa shape index (κ1) is 38.3. The van der Waals surface area contributed by atoms with Crippen LogP contribution in [-0.4, -0.2) is 115 Å². The summed E-state index contributed by atoms with van der Waals surface area (Å²) in [6.45, 7) is 7.18. The second-order valence-corrected chi connectivity index (χ2v) is 15.2. The van der Waals surface area contributed by atoms with E-state index >= 15 is 0 Å². The van der Waals surface area contributed by atoms with E-state index in [4.69, 9.17) is 16.2 Å². The third-order valence-electron chi connectivity index (χ3n) is 11.3. The van der Waals surface area contributed by atoms with Crippen LogP contribution >= 0.6 is 0 Å². The number of aromatic hydroxyl groups is 2. The van der Waals surface area contributed by atoms with Gasteiger partial charge in [-0.1, -0.05) is 24.3 Å². The second-order valence-electron chi connectivity index (χ2n) is 15.2. The van der Waals surface area contributed by atoms with Gasteiger partial charge in [0.05, 0.1) is 35.3 Å². The largest absolute Gasteiger partial charge is 0.507 e. The van der Waals surface area contributed by atoms with Crippen molar-refractivity contribution in [2.24, 2.45) is 0 Å². The van der Waals surface area contributed by atoms with Gasteiger partial charge in [-0.15, -0.1) is 20.4 Å². The first-order valence-corrected chi connectivity index (χ1v) is 19.6. The second kappa shape index (κ2) is 16.1. The topological polar surface area (TPSA) is 213 Å². The highest BCUT2D eigenvalue weighted by molar-refractivity contribution is 5.83. The van der Waals surface area contributed by atoms with E-state index in [1.165, 1.54) is 0 Å². The number of para-hydroxylation sites is 1. The molecule has 16 nitrogen and oxygen atoms in total. The van der Waals surface area contributed by atoms with Crippen molar-refractivity contribution >= 4 is 34.8 Å². The maximum absolute atomic E-state index is 13.8. The average Bonchev–Trinajstić information content (AvgIpc) is 3.72. The summed E-state index contributed by atoms with van der Waals surface area (Å²) in [5.41, 5.74) is 17.5. The Morgan fingerprint density at radius 3 is 1.95 bits per heavy atom. The minimum absolute atomic E-state index is 0.0134. The standard InChI is InChI=1S/C42H47N11O5/c1-25-23-50(15-17-52(25)39(56)20-28-7-5-6-14-45-28)34-22-32(47-49-41(34)44)30-11-10-27(19-36(30)55)37-12-13-38(58-37)42(57)53-18-16-51(24-26(53)2)33-21-31(46-48-40(33)43)29-8-3-4-9-35(29)54/h3-11,14,19,21-22,25-26,37-38,54-55H,12-13,15-18,20,23-24H2,1-2H3,(H2,43,48)(H2,44,49)/t25?,26-,37?,38-/m0/s1. The molecule has 3 saturated heterocycles. The van der Waals surface area contributed by atoms with E-state index in [1.807, 2.05) is 66.1 Å². The van der Waals surface area contributed by atoms with Crippen molar-refractivity contribution in [2.75, 3.05) is 60.5 Å². The molecule has 3 aliphatic rings. The quantitative estimate of drug-likeness (QED) is 0.176. The lowest BCUT2D eigenvalue weighted by Gasteiger charge is -2.42. The van der Waals surface area contributed by atoms with Gasteiger partial charge in [0.2, 0.25) is 5.91 Å². The molecule has 6 N–H and O–H groups in total. The minimum Gasteiger partial charge on any atom is -0.507 e. The van der Waals surface area contributed by atoms with Crippen molar-refractivity contribution in [2.45, 2.75) is 57.4 Å². The number of nitrogens with two attached hydrogens (primary N) is 2. The van der Waals surface area contributed by atoms with Crippen molar-refractivity contribution < 1.29 is 24.5 Å². The summed E-state index contributed by atoms with van der Waals surface area (Å²) in [7, 11) is 0. The van der Waals surface area contributed by atoms with Gasteiger partial charge in [0, 0.05) is 74.4 Å². The summed E-state index contributed by atoms with van der Waals surface area (Å²) in [5, 5.41) is 38.5. The Kier molecular flexibility index (Phi) is 10.7. The molecule has 0 radical (unpaired) electrons. The van der Waals surface area contributed by atoms with Gasteiger partial charge in [-0.3, -0.25) is 14.6 Å². The maximum atomic E-state index is 13.8. The molecule has 0 spiro atoms. The first-order chi connectivity index (χ1) is 28.0. The van der Waals surface area contributed by atoms with Crippen LogP contribution in [0, 0.1) is 0 Å². The Morgan fingerprint density at radius 2 is 1.34 bits per heavy atom. The lowest BCUT2D eigenvalue weighted by molar-refractivity contribution is -0.145. The van der Waals surface area contributed by atoms with Gasteiger partial charge in [0.15, 0.2) is 11.6 Å². The molecule has 3 fully saturated rings. The van der Waals surface area contributed by atoms with E-state index in [1.54, 1.807) is 36.5 Å². The van der Waals surface area contributed by atoms with Gasteiger partial charge in [-0.25, -0.2) is 0 Å². The lowest BCUT2D eigenvalue weighted by atomic mass is 10.0. The molecule has 4 atom stereocenters. The van der Waals surface area contributed by atoms with Crippen LogP contribution in [0.3, 0.4) is 0 Å². The van der Waals surface area contributed by atoms with Crippen LogP contribution in [0.4, 0.5) is 23.0 Å². The molecule has 3 aromatic heterocycles. The molecule has 0 saturated carbocycles. The average molecular weight is 786 g/mol. The van der Waals surface area contributed by atoms with Crippen molar-refractivity contribution in [3.8, 4) is 34.0 Å². The van der Waals surface area contributed by atoms with Crippen LogP contribution < -0.4 is 21.3 Å². The van der Waals surface area contributed by atoms with E-state index in [-0.39, 0.29) is 59.6 Å². The molecule has 2 aromatic carbocycles. The Hall–Kier alpha value is -6.55. The highest BCUT2D eigenvalue weighted by Gasteiger charge is 2.38. The third-order valence-corrected chi connectivity index (χ3v) is 11.3. The normalized spacial score (nSPS) is 21.0. The van der Waals surface area contributed by atoms with Gasteiger partial charge in [0.1, 0.15) is 17.6 Å². The van der Waals surface area contributed by atoms with Crippen molar-refractivity contribution in [3.63, 3.8) is 0 Å². The molecule has 58 heavy (non-hydrogen) atoms. The molecule has 5 aromatic rings. The number of piperazine rings is 2. The summed E-state index contributed by atoms with van der Waals surface area (Å²) in [4.78, 5) is 39.1. The number of amides is 2. The molecule has 2 amide bonds. The molecule has 0 bridgehead atoms. The number of hydrogen-bond acceptors (Lipinski definition) is 14. The molecule has 6 heterocycles. The number of nitrogens with zero attached hydrogens (tertiary/aromatic N) is 9. The van der Waals surface area contributed by atoms with Gasteiger partial charge < -0.3 is 46.0 Å². The highest BCUT2D eigenvalue weighted by atomic mass is 16.5. The molecular formula is C42H47N11O5. The van der Waals surface area contributed by atoms with Crippen molar-refractivity contribution in [1.82, 2.24) is 35.2 Å². The SMILES string of the molecule is CC1CN(c2cc(-c3ccc(C4CC[C@@H](C(=O)N5CCN(c6cc(-c7ccccc7O)nnc6N)C[C@@H]5C)O4)cc3O)nnc2N)CCN1C(=O)Cc1ccccn1. The summed E-state index contributed by atoms with van der Waals surface area (Å²) < 4.78 is 6.34. The van der Waals surface area contributed by atoms with Gasteiger partial charge >= 0.3 is 0 Å². The van der Waals surface area contributed by atoms with E-state index in [0.717, 1.165) is 11.3 Å². The zero-order valence-corrected chi connectivity index (χ0v) is 32.5. The van der Waals surface area contributed by atoms with Crippen molar-refractivity contribution in [3.05, 3.63) is 90.3 Å². The van der Waals surface area contributed by atoms with Crippen LogP contribution in [-0.2, 0) is 20.7 Å². The minimum atomic E-state index is -0.611. The molecule has 2 unspecified atom stereocenters. The van der Waals surface area contributed by atoms with Gasteiger partial charge in [0.25, 0.3) is 5.91 Å². The van der Waals surface area contributed by atoms with Gasteiger partial charge in [-0.2, -0.15) is 0 Å². The number of carbonyl (C=O) groups excluding carboxylic acids is 2. The summed E-state index contributed by atoms with van der Waals surface area (Å²) in [5.74, 6) is 0.624. The van der Waals surface area contributed by atoms with E-state index in [9.17, 15) is 19.8 Å². The first-order valence-electron chi connectivity index (χ1n) is 19.6. The number of rotatable bonds is 8. The Labute approximate surface area is 336 Å². The van der Waals surface area contributed by atoms with Gasteiger partial charge in [-0.05, 0) is 80.8 Å². The summed E-state index contributed by atoms with van der Waals surface area (Å²) in [6, 6.07) is 21.3. The van der Waals surface area contributed by atoms with E-state index in [2.05, 4.69) is 35.2 Å². The molecule has 8 rings (SSSR count). The van der Waals surface area contributed by atoms with Crippen LogP contribution in [0.5, 0.6) is 11.5 Å². The number of hydrogen-bond donors (Lipinski definition) is 4. The number of carbonyl (C=O) groups is 2. The predicted octanol–water partition coefficient (Wildman–Crippen LogP) is 3.81. The third kappa shape index (κ3) is 7.74. The molecular weight excluding hydrogens is 739 g/mol. The molecule has 0 aliphatic carbocycles. The number of pyridine rings is 1. The number of anilines is 4. The molecule has 3 aliphatic heterocycles. The molecule has 300 valence electrons. The monoisotopic (exact) mass is 785 g/mol. The summed E-state index contributed by atoms with van der Waals surface area (Å²) >= 11 is 0. The van der Waals surface area contributed by atoms with E-state index in [0.29, 0.717) is 86.0 Å². The number of benzene rings is 2.